The number of benzene rings is 1. The third-order valence-corrected chi connectivity index (χ3v) is 4.02. The van der Waals surface area contributed by atoms with Crippen LogP contribution >= 0.6 is 0 Å². The highest BCUT2D eigenvalue weighted by atomic mass is 16.5. The third kappa shape index (κ3) is 2.84. The number of ether oxygens (including phenoxy) is 1. The number of nitrogens with one attached hydrogen (secondary N) is 1. The largest absolute Gasteiger partial charge is 0.374 e. The van der Waals surface area contributed by atoms with Gasteiger partial charge in [-0.15, -0.1) is 0 Å². The minimum atomic E-state index is -0.229. The second-order valence-corrected chi connectivity index (χ2v) is 5.28. The molecule has 1 heterocycles. The maximum Gasteiger partial charge on any atom is 0.0846 e. The zero-order chi connectivity index (χ0) is 14.6. The first-order valence-corrected chi connectivity index (χ1v) is 7.30. The Morgan fingerprint density at radius 2 is 2.05 bits per heavy atom. The van der Waals surface area contributed by atoms with Crippen molar-refractivity contribution in [2.75, 3.05) is 13.7 Å². The van der Waals surface area contributed by atoms with Crippen LogP contribution in [0.2, 0.25) is 0 Å². The van der Waals surface area contributed by atoms with Gasteiger partial charge in [0.15, 0.2) is 0 Å². The van der Waals surface area contributed by atoms with Crippen molar-refractivity contribution in [3.8, 4) is 0 Å². The fourth-order valence-electron chi connectivity index (χ4n) is 2.79. The number of nitrogens with zero attached hydrogens (tertiary/aromatic N) is 1. The molecule has 2 aromatic rings. The van der Waals surface area contributed by atoms with Gasteiger partial charge < -0.3 is 10.1 Å². The minimum Gasteiger partial charge on any atom is -0.374 e. The van der Waals surface area contributed by atoms with Crippen molar-refractivity contribution in [2.24, 2.45) is 0 Å². The highest BCUT2D eigenvalue weighted by Gasteiger charge is 2.33. The van der Waals surface area contributed by atoms with Crippen LogP contribution in [0.25, 0.3) is 10.9 Å². The van der Waals surface area contributed by atoms with Crippen LogP contribution in [0.4, 0.5) is 0 Å². The molecule has 2 atom stereocenters. The monoisotopic (exact) mass is 272 g/mol. The van der Waals surface area contributed by atoms with E-state index in [0.717, 1.165) is 11.9 Å². The zero-order valence-corrected chi connectivity index (χ0v) is 12.8. The Morgan fingerprint density at radius 3 is 2.70 bits per heavy atom. The summed E-state index contributed by atoms with van der Waals surface area (Å²) in [5.41, 5.74) is 1.97. The van der Waals surface area contributed by atoms with Crippen molar-refractivity contribution < 1.29 is 4.74 Å². The number of hydrogen-bond donors (Lipinski definition) is 1. The van der Waals surface area contributed by atoms with Crippen molar-refractivity contribution >= 4 is 10.9 Å². The van der Waals surface area contributed by atoms with Crippen LogP contribution in [0.1, 0.15) is 38.8 Å². The summed E-state index contributed by atoms with van der Waals surface area (Å²) in [6.07, 6.45) is 2.90. The molecule has 1 N–H and O–H groups in total. The second-order valence-electron chi connectivity index (χ2n) is 5.28. The molecule has 20 heavy (non-hydrogen) atoms. The Hall–Kier alpha value is -1.45. The quantitative estimate of drug-likeness (QED) is 0.870. The van der Waals surface area contributed by atoms with E-state index in [-0.39, 0.29) is 11.6 Å². The lowest BCUT2D eigenvalue weighted by molar-refractivity contribution is -0.0547. The average Bonchev–Trinajstić information content (AvgIpc) is 2.48. The Labute approximate surface area is 121 Å². The molecule has 0 fully saturated rings. The van der Waals surface area contributed by atoms with E-state index in [4.69, 9.17) is 4.74 Å². The molecule has 0 amide bonds. The van der Waals surface area contributed by atoms with Crippen LogP contribution in [0, 0.1) is 0 Å². The van der Waals surface area contributed by atoms with Crippen LogP contribution in [-0.4, -0.2) is 24.2 Å². The summed E-state index contributed by atoms with van der Waals surface area (Å²) in [7, 11) is 1.98. The van der Waals surface area contributed by atoms with Crippen molar-refractivity contribution in [1.82, 2.24) is 10.3 Å². The van der Waals surface area contributed by atoms with Gasteiger partial charge in [-0.2, -0.15) is 0 Å². The predicted octanol–water partition coefficient (Wildman–Crippen LogP) is 3.70. The second kappa shape index (κ2) is 6.33. The summed E-state index contributed by atoms with van der Waals surface area (Å²) in [5.74, 6) is 0. The van der Waals surface area contributed by atoms with Crippen LogP contribution in [0.15, 0.2) is 36.5 Å². The van der Waals surface area contributed by atoms with Gasteiger partial charge in [0.05, 0.1) is 17.2 Å². The lowest BCUT2D eigenvalue weighted by atomic mass is 9.88. The molecule has 0 saturated carbocycles. The molecule has 3 nitrogen and oxygen atoms in total. The zero-order valence-electron chi connectivity index (χ0n) is 12.8. The van der Waals surface area contributed by atoms with Crippen molar-refractivity contribution in [2.45, 2.75) is 38.8 Å². The van der Waals surface area contributed by atoms with Gasteiger partial charge in [-0.3, -0.25) is 4.98 Å². The van der Waals surface area contributed by atoms with Gasteiger partial charge in [0.2, 0.25) is 0 Å². The van der Waals surface area contributed by atoms with Crippen LogP contribution in [0.5, 0.6) is 0 Å². The first-order chi connectivity index (χ1) is 9.64. The normalized spacial score (nSPS) is 16.0. The first-order valence-electron chi connectivity index (χ1n) is 7.30. The van der Waals surface area contributed by atoms with Gasteiger partial charge in [0, 0.05) is 18.2 Å². The highest BCUT2D eigenvalue weighted by molar-refractivity contribution is 5.78. The third-order valence-electron chi connectivity index (χ3n) is 4.02. The lowest BCUT2D eigenvalue weighted by Gasteiger charge is -2.37. The molecule has 0 aliphatic heterocycles. The Morgan fingerprint density at radius 1 is 1.30 bits per heavy atom. The van der Waals surface area contributed by atoms with Gasteiger partial charge in [-0.05, 0) is 45.0 Å². The molecular weight excluding hydrogens is 248 g/mol. The SMILES string of the molecule is CCOC(C)(CC)C(NC)c1cnc2ccccc2c1. The maximum absolute atomic E-state index is 6.01. The van der Waals surface area contributed by atoms with E-state index in [1.54, 1.807) is 0 Å². The molecule has 1 aromatic carbocycles. The van der Waals surface area contributed by atoms with Crippen molar-refractivity contribution in [3.63, 3.8) is 0 Å². The summed E-state index contributed by atoms with van der Waals surface area (Å²) < 4.78 is 6.01. The number of aromatic nitrogens is 1. The Bertz CT molecular complexity index is 570. The standard InChI is InChI=1S/C17H24N2O/c1-5-17(3,20-6-2)16(18-4)14-11-13-9-7-8-10-15(13)19-12-14/h7-12,16,18H,5-6H2,1-4H3. The van der Waals surface area contributed by atoms with E-state index >= 15 is 0 Å². The molecule has 0 spiro atoms. The van der Waals surface area contributed by atoms with Crippen molar-refractivity contribution in [3.05, 3.63) is 42.1 Å². The molecule has 3 heteroatoms. The number of likely N-dealkylation sites (N-methyl/N-ethyl adjacent to an activating group) is 1. The molecule has 0 radical (unpaired) electrons. The minimum absolute atomic E-state index is 0.129. The fraction of sp³-hybridized carbons (Fsp3) is 0.471. The molecule has 0 bridgehead atoms. The fourth-order valence-corrected chi connectivity index (χ4v) is 2.79. The number of hydrogen-bond acceptors (Lipinski definition) is 3. The summed E-state index contributed by atoms with van der Waals surface area (Å²) in [5, 5.41) is 4.56. The van der Waals surface area contributed by atoms with Crippen LogP contribution < -0.4 is 5.32 Å². The lowest BCUT2D eigenvalue weighted by Crippen LogP contribution is -2.42. The van der Waals surface area contributed by atoms with Gasteiger partial charge in [-0.25, -0.2) is 0 Å². The summed E-state index contributed by atoms with van der Waals surface area (Å²) in [6, 6.07) is 10.5. The number of rotatable bonds is 6. The number of para-hydroxylation sites is 1. The van der Waals surface area contributed by atoms with Gasteiger partial charge >= 0.3 is 0 Å². The van der Waals surface area contributed by atoms with E-state index in [1.807, 2.05) is 38.4 Å². The van der Waals surface area contributed by atoms with E-state index in [9.17, 15) is 0 Å². The molecule has 0 aliphatic rings. The van der Waals surface area contributed by atoms with Crippen molar-refractivity contribution in [1.29, 1.82) is 0 Å². The van der Waals surface area contributed by atoms with E-state index < -0.39 is 0 Å². The van der Waals surface area contributed by atoms with Gasteiger partial charge in [-0.1, -0.05) is 25.1 Å². The predicted molar refractivity (Wildman–Crippen MR) is 83.9 cm³/mol. The number of fused-ring (bicyclic) bond motifs is 1. The summed E-state index contributed by atoms with van der Waals surface area (Å²) >= 11 is 0. The van der Waals surface area contributed by atoms with E-state index in [2.05, 4.69) is 36.3 Å². The van der Waals surface area contributed by atoms with Crippen LogP contribution in [-0.2, 0) is 4.74 Å². The molecule has 1 aromatic heterocycles. The Kier molecular flexibility index (Phi) is 4.73. The molecule has 2 unspecified atom stereocenters. The summed E-state index contributed by atoms with van der Waals surface area (Å²) in [4.78, 5) is 4.56. The topological polar surface area (TPSA) is 34.1 Å². The molecule has 0 aliphatic carbocycles. The van der Waals surface area contributed by atoms with E-state index in [1.165, 1.54) is 10.9 Å². The molecular formula is C17H24N2O. The molecule has 0 saturated heterocycles. The van der Waals surface area contributed by atoms with E-state index in [0.29, 0.717) is 6.61 Å². The molecule has 2 rings (SSSR count). The molecule has 108 valence electrons. The smallest absolute Gasteiger partial charge is 0.0846 e. The highest BCUT2D eigenvalue weighted by Crippen LogP contribution is 2.32. The van der Waals surface area contributed by atoms with Gasteiger partial charge in [0.1, 0.15) is 0 Å². The summed E-state index contributed by atoms with van der Waals surface area (Å²) in [6.45, 7) is 7.07. The van der Waals surface area contributed by atoms with Gasteiger partial charge in [0.25, 0.3) is 0 Å². The average molecular weight is 272 g/mol. The maximum atomic E-state index is 6.01. The number of pyridine rings is 1. The van der Waals surface area contributed by atoms with Crippen LogP contribution in [0.3, 0.4) is 0 Å². The Balaban J connectivity index is 2.42. The first kappa shape index (κ1) is 14.9.